The van der Waals surface area contributed by atoms with E-state index in [9.17, 15) is 9.59 Å². The number of aryl methyl sites for hydroxylation is 1. The lowest BCUT2D eigenvalue weighted by Crippen LogP contribution is -2.37. The normalized spacial score (nSPS) is 21.4. The molecule has 0 unspecified atom stereocenters. The average Bonchev–Trinajstić information content (AvgIpc) is 2.86. The number of hydrogen-bond acceptors (Lipinski definition) is 3. The fourth-order valence-corrected chi connectivity index (χ4v) is 3.33. The van der Waals surface area contributed by atoms with Crippen molar-refractivity contribution < 1.29 is 9.21 Å². The molecule has 0 radical (unpaired) electrons. The standard InChI is InChI=1S/C18H24N2O3/c1-13-8-10-14(11-9-13)19-17(21)7-4-12-20-15-5-2-3-6-16(15)23-18(20)22/h2-3,5-6,13-14H,4,7-12H2,1H3,(H,19,21). The third-order valence-corrected chi connectivity index (χ3v) is 4.74. The van der Waals surface area contributed by atoms with Crippen LogP contribution in [0.15, 0.2) is 33.5 Å². The smallest absolute Gasteiger partial charge is 0.408 e. The minimum absolute atomic E-state index is 0.0883. The van der Waals surface area contributed by atoms with Gasteiger partial charge in [-0.2, -0.15) is 0 Å². The van der Waals surface area contributed by atoms with E-state index in [4.69, 9.17) is 4.42 Å². The Morgan fingerprint density at radius 3 is 2.78 bits per heavy atom. The number of hydrogen-bond donors (Lipinski definition) is 1. The van der Waals surface area contributed by atoms with E-state index >= 15 is 0 Å². The van der Waals surface area contributed by atoms with Crippen LogP contribution in [0.4, 0.5) is 0 Å². The molecule has 0 saturated heterocycles. The first-order chi connectivity index (χ1) is 11.1. The Hall–Kier alpha value is -2.04. The van der Waals surface area contributed by atoms with Crippen molar-refractivity contribution in [1.82, 2.24) is 9.88 Å². The van der Waals surface area contributed by atoms with Crippen molar-refractivity contribution in [3.8, 4) is 0 Å². The van der Waals surface area contributed by atoms with E-state index in [1.165, 1.54) is 12.8 Å². The molecule has 1 aromatic carbocycles. The summed E-state index contributed by atoms with van der Waals surface area (Å²) in [5, 5.41) is 3.12. The molecule has 1 amide bonds. The van der Waals surface area contributed by atoms with Gasteiger partial charge in [0.1, 0.15) is 0 Å². The molecule has 5 heteroatoms. The van der Waals surface area contributed by atoms with Crippen LogP contribution in [0.5, 0.6) is 0 Å². The van der Waals surface area contributed by atoms with Crippen LogP contribution in [0.2, 0.25) is 0 Å². The zero-order chi connectivity index (χ0) is 16.2. The summed E-state index contributed by atoms with van der Waals surface area (Å²) in [6.07, 6.45) is 5.64. The molecule has 1 heterocycles. The van der Waals surface area contributed by atoms with E-state index in [0.29, 0.717) is 31.0 Å². The molecule has 2 aromatic rings. The van der Waals surface area contributed by atoms with Crippen molar-refractivity contribution in [3.63, 3.8) is 0 Å². The molecule has 1 aromatic heterocycles. The molecule has 3 rings (SSSR count). The lowest BCUT2D eigenvalue weighted by atomic mass is 9.87. The first kappa shape index (κ1) is 15.8. The lowest BCUT2D eigenvalue weighted by molar-refractivity contribution is -0.122. The summed E-state index contributed by atoms with van der Waals surface area (Å²) in [6, 6.07) is 7.70. The Kier molecular flexibility index (Phi) is 4.84. The van der Waals surface area contributed by atoms with Gasteiger partial charge in [-0.3, -0.25) is 9.36 Å². The van der Waals surface area contributed by atoms with Gasteiger partial charge in [-0.1, -0.05) is 19.1 Å². The monoisotopic (exact) mass is 316 g/mol. The van der Waals surface area contributed by atoms with Gasteiger partial charge in [-0.15, -0.1) is 0 Å². The maximum absolute atomic E-state index is 12.0. The predicted molar refractivity (Wildman–Crippen MR) is 89.3 cm³/mol. The number of carbonyl (C=O) groups is 1. The van der Waals surface area contributed by atoms with E-state index in [0.717, 1.165) is 24.3 Å². The van der Waals surface area contributed by atoms with Crippen LogP contribution >= 0.6 is 0 Å². The molecular formula is C18H24N2O3. The number of aromatic nitrogens is 1. The van der Waals surface area contributed by atoms with E-state index in [1.54, 1.807) is 10.6 Å². The number of rotatable bonds is 5. The Morgan fingerprint density at radius 2 is 2.00 bits per heavy atom. The highest BCUT2D eigenvalue weighted by Crippen LogP contribution is 2.23. The molecule has 5 nitrogen and oxygen atoms in total. The summed E-state index contributed by atoms with van der Waals surface area (Å²) in [6.45, 7) is 2.77. The van der Waals surface area contributed by atoms with Gasteiger partial charge in [0.15, 0.2) is 5.58 Å². The van der Waals surface area contributed by atoms with Gasteiger partial charge in [0.05, 0.1) is 5.52 Å². The van der Waals surface area contributed by atoms with Crippen molar-refractivity contribution in [2.24, 2.45) is 5.92 Å². The molecule has 124 valence electrons. The van der Waals surface area contributed by atoms with Gasteiger partial charge in [0.2, 0.25) is 5.91 Å². The van der Waals surface area contributed by atoms with Crippen molar-refractivity contribution in [2.75, 3.05) is 0 Å². The van der Waals surface area contributed by atoms with E-state index in [2.05, 4.69) is 12.2 Å². The summed E-state index contributed by atoms with van der Waals surface area (Å²) >= 11 is 0. The Balaban J connectivity index is 1.50. The first-order valence-corrected chi connectivity index (χ1v) is 8.51. The summed E-state index contributed by atoms with van der Waals surface area (Å²) in [5.74, 6) is 0.516. The van der Waals surface area contributed by atoms with Crippen LogP contribution in [0.1, 0.15) is 45.4 Å². The molecule has 1 aliphatic rings. The minimum atomic E-state index is -0.354. The molecule has 0 bridgehead atoms. The summed E-state index contributed by atoms with van der Waals surface area (Å²) in [5.41, 5.74) is 1.39. The number of para-hydroxylation sites is 2. The van der Waals surface area contributed by atoms with Crippen LogP contribution in [0, 0.1) is 5.92 Å². The number of amides is 1. The van der Waals surface area contributed by atoms with Crippen molar-refractivity contribution in [1.29, 1.82) is 0 Å². The number of nitrogens with one attached hydrogen (secondary N) is 1. The Labute approximate surface area is 135 Å². The maximum Gasteiger partial charge on any atom is 0.419 e. The van der Waals surface area contributed by atoms with Crippen LogP contribution in [-0.4, -0.2) is 16.5 Å². The van der Waals surface area contributed by atoms with E-state index in [1.807, 2.05) is 18.2 Å². The third-order valence-electron chi connectivity index (χ3n) is 4.74. The maximum atomic E-state index is 12.0. The van der Waals surface area contributed by atoms with Crippen LogP contribution in [0.25, 0.3) is 11.1 Å². The molecule has 1 aliphatic carbocycles. The van der Waals surface area contributed by atoms with Gasteiger partial charge in [0, 0.05) is 19.0 Å². The number of nitrogens with zero attached hydrogens (tertiary/aromatic N) is 1. The van der Waals surface area contributed by atoms with Crippen molar-refractivity contribution in [2.45, 2.75) is 58.0 Å². The fraction of sp³-hybridized carbons (Fsp3) is 0.556. The summed E-state index contributed by atoms with van der Waals surface area (Å²) < 4.78 is 6.80. The average molecular weight is 316 g/mol. The number of oxazole rings is 1. The second-order valence-corrected chi connectivity index (χ2v) is 6.62. The molecule has 1 saturated carbocycles. The number of fused-ring (bicyclic) bond motifs is 1. The Morgan fingerprint density at radius 1 is 1.26 bits per heavy atom. The number of benzene rings is 1. The molecule has 0 spiro atoms. The summed E-state index contributed by atoms with van der Waals surface area (Å²) in [4.78, 5) is 23.9. The molecule has 0 atom stereocenters. The van der Waals surface area contributed by atoms with Gasteiger partial charge < -0.3 is 9.73 Å². The lowest BCUT2D eigenvalue weighted by Gasteiger charge is -2.26. The SMILES string of the molecule is CC1CCC(NC(=O)CCCn2c(=O)oc3ccccc32)CC1. The predicted octanol–water partition coefficient (Wildman–Crippen LogP) is 3.07. The van der Waals surface area contributed by atoms with Crippen molar-refractivity contribution >= 4 is 17.0 Å². The molecule has 0 aliphatic heterocycles. The third kappa shape index (κ3) is 3.84. The molecular weight excluding hydrogens is 292 g/mol. The van der Waals surface area contributed by atoms with Crippen LogP contribution < -0.4 is 11.1 Å². The second kappa shape index (κ2) is 7.02. The van der Waals surface area contributed by atoms with Gasteiger partial charge in [0.25, 0.3) is 0 Å². The quantitative estimate of drug-likeness (QED) is 0.922. The Bertz CT molecular complexity index is 723. The van der Waals surface area contributed by atoms with E-state index in [-0.39, 0.29) is 11.7 Å². The zero-order valence-electron chi connectivity index (χ0n) is 13.6. The van der Waals surface area contributed by atoms with Crippen molar-refractivity contribution in [3.05, 3.63) is 34.8 Å². The van der Waals surface area contributed by atoms with Gasteiger partial charge in [-0.25, -0.2) is 4.79 Å². The summed E-state index contributed by atoms with van der Waals surface area (Å²) in [7, 11) is 0. The zero-order valence-corrected chi connectivity index (χ0v) is 13.6. The van der Waals surface area contributed by atoms with Crippen LogP contribution in [0.3, 0.4) is 0 Å². The largest absolute Gasteiger partial charge is 0.419 e. The van der Waals surface area contributed by atoms with Gasteiger partial charge in [-0.05, 0) is 50.2 Å². The fourth-order valence-electron chi connectivity index (χ4n) is 3.33. The minimum Gasteiger partial charge on any atom is -0.408 e. The molecule has 1 N–H and O–H groups in total. The first-order valence-electron chi connectivity index (χ1n) is 8.51. The number of carbonyl (C=O) groups excluding carboxylic acids is 1. The highest BCUT2D eigenvalue weighted by atomic mass is 16.4. The van der Waals surface area contributed by atoms with E-state index < -0.39 is 0 Å². The topological polar surface area (TPSA) is 64.2 Å². The van der Waals surface area contributed by atoms with Gasteiger partial charge >= 0.3 is 5.76 Å². The molecule has 1 fully saturated rings. The molecule has 23 heavy (non-hydrogen) atoms. The van der Waals surface area contributed by atoms with Crippen LogP contribution in [-0.2, 0) is 11.3 Å². The highest BCUT2D eigenvalue weighted by molar-refractivity contribution is 5.76. The second-order valence-electron chi connectivity index (χ2n) is 6.62. The highest BCUT2D eigenvalue weighted by Gasteiger charge is 2.19.